The Bertz CT molecular complexity index is 729. The molecule has 2 rings (SSSR count). The zero-order chi connectivity index (χ0) is 14.9. The molecular formula is C13H18N4O2S. The normalized spacial score (nSPS) is 12.3. The van der Waals surface area contributed by atoms with Crippen LogP contribution in [0.1, 0.15) is 16.7 Å². The summed E-state index contributed by atoms with van der Waals surface area (Å²) in [5.74, 6) is 0.146. The minimum atomic E-state index is -0.514. The first kappa shape index (κ1) is 14.4. The Morgan fingerprint density at radius 3 is 2.75 bits per heavy atom. The van der Waals surface area contributed by atoms with Crippen LogP contribution in [-0.2, 0) is 13.5 Å². The summed E-state index contributed by atoms with van der Waals surface area (Å²) in [6, 6.07) is 4.18. The lowest BCUT2D eigenvalue weighted by Crippen LogP contribution is -2.34. The number of hydrogen-bond donors (Lipinski definition) is 3. The van der Waals surface area contributed by atoms with Gasteiger partial charge in [-0.1, -0.05) is 0 Å². The summed E-state index contributed by atoms with van der Waals surface area (Å²) in [4.78, 5) is 27.9. The highest BCUT2D eigenvalue weighted by Crippen LogP contribution is 2.18. The van der Waals surface area contributed by atoms with E-state index in [0.717, 1.165) is 6.42 Å². The predicted octanol–water partition coefficient (Wildman–Crippen LogP) is 1.07. The molecule has 2 aromatic rings. The van der Waals surface area contributed by atoms with Gasteiger partial charge >= 0.3 is 5.69 Å². The number of nitrogen functional groups attached to an aromatic ring is 1. The van der Waals surface area contributed by atoms with Gasteiger partial charge in [-0.2, -0.15) is 0 Å². The van der Waals surface area contributed by atoms with Gasteiger partial charge in [-0.15, -0.1) is 11.3 Å². The molecule has 0 radical (unpaired) electrons. The Morgan fingerprint density at radius 1 is 1.45 bits per heavy atom. The standard InChI is InChI=1S/C13H18N4O2S/c1-7(6-9-5-4-8(2)20-9)15-10-11(14)17(3)13(19)16-12(10)18/h4-5,7,15H,6,14H2,1-3H3,(H,16,18,19). The van der Waals surface area contributed by atoms with Crippen LogP contribution in [0.3, 0.4) is 0 Å². The fourth-order valence-corrected chi connectivity index (χ4v) is 2.99. The molecule has 0 bridgehead atoms. The number of nitrogens with two attached hydrogens (primary N) is 1. The lowest BCUT2D eigenvalue weighted by molar-refractivity contribution is 0.775. The zero-order valence-electron chi connectivity index (χ0n) is 11.7. The summed E-state index contributed by atoms with van der Waals surface area (Å²) in [5.41, 5.74) is 5.06. The van der Waals surface area contributed by atoms with Crippen molar-refractivity contribution in [1.82, 2.24) is 9.55 Å². The molecular weight excluding hydrogens is 276 g/mol. The highest BCUT2D eigenvalue weighted by Gasteiger charge is 2.13. The maximum atomic E-state index is 11.8. The SMILES string of the molecule is Cc1ccc(CC(C)Nc2c(N)n(C)c(=O)[nH]c2=O)s1. The van der Waals surface area contributed by atoms with E-state index in [-0.39, 0.29) is 17.5 Å². The molecule has 7 heteroatoms. The lowest BCUT2D eigenvalue weighted by atomic mass is 10.2. The van der Waals surface area contributed by atoms with Gasteiger partial charge in [-0.25, -0.2) is 4.79 Å². The minimum absolute atomic E-state index is 0.0361. The van der Waals surface area contributed by atoms with Crippen LogP contribution < -0.4 is 22.3 Å². The van der Waals surface area contributed by atoms with Crippen LogP contribution in [0, 0.1) is 6.92 Å². The molecule has 0 saturated carbocycles. The van der Waals surface area contributed by atoms with E-state index in [4.69, 9.17) is 5.73 Å². The van der Waals surface area contributed by atoms with Crippen molar-refractivity contribution in [3.8, 4) is 0 Å². The number of aryl methyl sites for hydroxylation is 1. The summed E-state index contributed by atoms with van der Waals surface area (Å²) in [5, 5.41) is 3.08. The van der Waals surface area contributed by atoms with Gasteiger partial charge < -0.3 is 11.1 Å². The third-order valence-corrected chi connectivity index (χ3v) is 4.09. The van der Waals surface area contributed by atoms with Gasteiger partial charge in [-0.05, 0) is 26.0 Å². The van der Waals surface area contributed by atoms with Crippen LogP contribution in [0.15, 0.2) is 21.7 Å². The van der Waals surface area contributed by atoms with E-state index >= 15 is 0 Å². The number of thiophene rings is 1. The number of nitrogens with zero attached hydrogens (tertiary/aromatic N) is 1. The maximum Gasteiger partial charge on any atom is 0.329 e. The van der Waals surface area contributed by atoms with E-state index in [1.807, 2.05) is 6.92 Å². The Balaban J connectivity index is 2.20. The summed E-state index contributed by atoms with van der Waals surface area (Å²) in [6.07, 6.45) is 0.792. The second-order valence-electron chi connectivity index (χ2n) is 4.84. The average Bonchev–Trinajstić information content (AvgIpc) is 2.77. The van der Waals surface area contributed by atoms with Crippen molar-refractivity contribution in [3.63, 3.8) is 0 Å². The fourth-order valence-electron chi connectivity index (χ4n) is 1.97. The van der Waals surface area contributed by atoms with Crippen molar-refractivity contribution in [2.24, 2.45) is 7.05 Å². The van der Waals surface area contributed by atoms with Gasteiger partial charge in [0.05, 0.1) is 0 Å². The number of hydrogen-bond acceptors (Lipinski definition) is 5. The topological polar surface area (TPSA) is 92.9 Å². The van der Waals surface area contributed by atoms with Crippen LogP contribution in [0.4, 0.5) is 11.5 Å². The molecule has 1 unspecified atom stereocenters. The quantitative estimate of drug-likeness (QED) is 0.786. The number of aromatic nitrogens is 2. The van der Waals surface area contributed by atoms with Crippen LogP contribution in [0.25, 0.3) is 0 Å². The third-order valence-electron chi connectivity index (χ3n) is 3.06. The number of rotatable bonds is 4. The smallest absolute Gasteiger partial charge is 0.329 e. The first-order chi connectivity index (χ1) is 9.38. The van der Waals surface area contributed by atoms with Crippen molar-refractivity contribution < 1.29 is 0 Å². The average molecular weight is 294 g/mol. The molecule has 0 saturated heterocycles. The fraction of sp³-hybridized carbons (Fsp3) is 0.385. The van der Waals surface area contributed by atoms with E-state index < -0.39 is 11.2 Å². The Labute approximate surface area is 120 Å². The highest BCUT2D eigenvalue weighted by molar-refractivity contribution is 7.11. The number of H-pyrrole nitrogens is 1. The number of aromatic amines is 1. The summed E-state index contributed by atoms with van der Waals surface area (Å²) < 4.78 is 1.21. The zero-order valence-corrected chi connectivity index (χ0v) is 12.5. The van der Waals surface area contributed by atoms with E-state index in [9.17, 15) is 9.59 Å². The molecule has 0 fully saturated rings. The summed E-state index contributed by atoms with van der Waals surface area (Å²) in [7, 11) is 1.52. The molecule has 2 heterocycles. The van der Waals surface area contributed by atoms with Crippen molar-refractivity contribution in [3.05, 3.63) is 42.7 Å². The van der Waals surface area contributed by atoms with Gasteiger partial charge in [0.1, 0.15) is 11.5 Å². The Kier molecular flexibility index (Phi) is 3.99. The van der Waals surface area contributed by atoms with Gasteiger partial charge in [0.2, 0.25) is 0 Å². The highest BCUT2D eigenvalue weighted by atomic mass is 32.1. The molecule has 108 valence electrons. The van der Waals surface area contributed by atoms with Crippen molar-refractivity contribution in [1.29, 1.82) is 0 Å². The van der Waals surface area contributed by atoms with Crippen LogP contribution in [0.2, 0.25) is 0 Å². The predicted molar refractivity (Wildman–Crippen MR) is 82.6 cm³/mol. The van der Waals surface area contributed by atoms with E-state index in [1.54, 1.807) is 11.3 Å². The van der Waals surface area contributed by atoms with E-state index in [0.29, 0.717) is 0 Å². The van der Waals surface area contributed by atoms with Crippen LogP contribution in [0.5, 0.6) is 0 Å². The minimum Gasteiger partial charge on any atom is -0.383 e. The van der Waals surface area contributed by atoms with E-state index in [1.165, 1.54) is 21.4 Å². The van der Waals surface area contributed by atoms with Crippen molar-refractivity contribution in [2.75, 3.05) is 11.1 Å². The second kappa shape index (κ2) is 5.54. The third kappa shape index (κ3) is 2.93. The van der Waals surface area contributed by atoms with Crippen LogP contribution >= 0.6 is 11.3 Å². The molecule has 20 heavy (non-hydrogen) atoms. The monoisotopic (exact) mass is 294 g/mol. The number of anilines is 2. The first-order valence-corrected chi connectivity index (χ1v) is 7.10. The molecule has 0 aromatic carbocycles. The van der Waals surface area contributed by atoms with E-state index in [2.05, 4.69) is 29.4 Å². The molecule has 0 aliphatic heterocycles. The Morgan fingerprint density at radius 2 is 2.15 bits per heavy atom. The lowest BCUT2D eigenvalue weighted by Gasteiger charge is -2.16. The largest absolute Gasteiger partial charge is 0.383 e. The molecule has 4 N–H and O–H groups in total. The summed E-state index contributed by atoms with van der Waals surface area (Å²) in [6.45, 7) is 4.03. The molecule has 2 aromatic heterocycles. The van der Waals surface area contributed by atoms with Crippen LogP contribution in [-0.4, -0.2) is 15.6 Å². The van der Waals surface area contributed by atoms with Gasteiger partial charge in [-0.3, -0.25) is 14.3 Å². The van der Waals surface area contributed by atoms with Gasteiger partial charge in [0.15, 0.2) is 0 Å². The molecule has 6 nitrogen and oxygen atoms in total. The van der Waals surface area contributed by atoms with Crippen molar-refractivity contribution in [2.45, 2.75) is 26.3 Å². The molecule has 0 aliphatic rings. The van der Waals surface area contributed by atoms with Gasteiger partial charge in [0, 0.05) is 29.3 Å². The second-order valence-corrected chi connectivity index (χ2v) is 6.21. The number of nitrogens with one attached hydrogen (secondary N) is 2. The first-order valence-electron chi connectivity index (χ1n) is 6.29. The molecule has 0 aliphatic carbocycles. The van der Waals surface area contributed by atoms with Gasteiger partial charge in [0.25, 0.3) is 5.56 Å². The maximum absolute atomic E-state index is 11.8. The summed E-state index contributed by atoms with van der Waals surface area (Å²) >= 11 is 1.73. The Hall–Kier alpha value is -2.02. The molecule has 0 amide bonds. The molecule has 0 spiro atoms. The molecule has 1 atom stereocenters. The van der Waals surface area contributed by atoms with Crippen molar-refractivity contribution >= 4 is 22.8 Å².